The normalized spacial score (nSPS) is 11.6. The number of rotatable bonds is 4. The molecule has 3 rings (SSSR count). The lowest BCUT2D eigenvalue weighted by atomic mass is 10.1. The summed E-state index contributed by atoms with van der Waals surface area (Å²) in [6, 6.07) is 11.6. The van der Waals surface area contributed by atoms with Gasteiger partial charge in [0.05, 0.1) is 5.69 Å². The highest BCUT2D eigenvalue weighted by Gasteiger charge is 2.38. The molecule has 3 aromatic rings. The minimum absolute atomic E-state index is 0.132. The zero-order chi connectivity index (χ0) is 18.9. The number of hydrogen-bond donors (Lipinski definition) is 0. The van der Waals surface area contributed by atoms with Gasteiger partial charge in [0.15, 0.2) is 11.6 Å². The van der Waals surface area contributed by atoms with E-state index in [0.717, 1.165) is 0 Å². The molecule has 0 bridgehead atoms. The van der Waals surface area contributed by atoms with Gasteiger partial charge in [-0.15, -0.1) is 0 Å². The second kappa shape index (κ2) is 7.25. The first-order valence-electron chi connectivity index (χ1n) is 7.38. The molecule has 1 aromatic heterocycles. The van der Waals surface area contributed by atoms with Crippen molar-refractivity contribution in [3.05, 3.63) is 69.3 Å². The van der Waals surface area contributed by atoms with Gasteiger partial charge in [-0.2, -0.15) is 17.5 Å². The molecule has 0 saturated heterocycles. The maximum Gasteiger partial charge on any atom is 0.427 e. The molecular formula is C18H11ClF4NOS. The third-order valence-electron chi connectivity index (χ3n) is 3.53. The van der Waals surface area contributed by atoms with Crippen LogP contribution in [0.15, 0.2) is 36.4 Å². The van der Waals surface area contributed by atoms with Crippen molar-refractivity contribution in [2.75, 3.05) is 0 Å². The number of hydrogen-bond acceptors (Lipinski definition) is 3. The van der Waals surface area contributed by atoms with E-state index in [1.165, 1.54) is 12.1 Å². The fourth-order valence-electron chi connectivity index (χ4n) is 2.30. The van der Waals surface area contributed by atoms with Crippen LogP contribution >= 0.6 is 23.1 Å². The molecule has 0 unspecified atom stereocenters. The Kier molecular flexibility index (Phi) is 5.20. The number of benzene rings is 2. The molecular weight excluding hydrogens is 390 g/mol. The van der Waals surface area contributed by atoms with Gasteiger partial charge in [0.1, 0.15) is 11.5 Å². The molecule has 0 spiro atoms. The Morgan fingerprint density at radius 1 is 1.15 bits per heavy atom. The smallest absolute Gasteiger partial charge is 0.427 e. The van der Waals surface area contributed by atoms with Gasteiger partial charge in [0.2, 0.25) is 0 Å². The van der Waals surface area contributed by atoms with E-state index in [4.69, 9.17) is 16.3 Å². The third-order valence-corrected chi connectivity index (χ3v) is 4.72. The summed E-state index contributed by atoms with van der Waals surface area (Å²) in [6.07, 6.45) is -4.59. The first-order valence-corrected chi connectivity index (χ1v) is 8.53. The average molecular weight is 401 g/mol. The molecule has 0 atom stereocenters. The molecule has 2 aromatic carbocycles. The maximum absolute atomic E-state index is 13.8. The number of aryl methyl sites for hydroxylation is 1. The van der Waals surface area contributed by atoms with Crippen LogP contribution in [0.3, 0.4) is 0 Å². The molecule has 0 N–H and O–H groups in total. The molecule has 26 heavy (non-hydrogen) atoms. The Labute approximate surface area is 156 Å². The van der Waals surface area contributed by atoms with Gasteiger partial charge in [-0.1, -0.05) is 29.8 Å². The van der Waals surface area contributed by atoms with E-state index in [2.05, 4.69) is 10.4 Å². The van der Waals surface area contributed by atoms with Crippen molar-refractivity contribution in [2.24, 2.45) is 0 Å². The number of ether oxygens (including phenoxy) is 1. The van der Waals surface area contributed by atoms with E-state index in [9.17, 15) is 17.6 Å². The van der Waals surface area contributed by atoms with Crippen LogP contribution in [0.5, 0.6) is 5.75 Å². The summed E-state index contributed by atoms with van der Waals surface area (Å²) in [5.41, 5.74) is 1.05. The van der Waals surface area contributed by atoms with Crippen molar-refractivity contribution < 1.29 is 22.3 Å². The van der Waals surface area contributed by atoms with E-state index < -0.39 is 23.5 Å². The van der Waals surface area contributed by atoms with Crippen LogP contribution in [-0.4, -0.2) is 4.37 Å². The lowest BCUT2D eigenvalue weighted by Crippen LogP contribution is -2.09. The molecule has 0 aliphatic heterocycles. The van der Waals surface area contributed by atoms with E-state index in [-0.39, 0.29) is 17.0 Å². The molecule has 0 aliphatic carbocycles. The van der Waals surface area contributed by atoms with Crippen molar-refractivity contribution >= 4 is 23.1 Å². The minimum Gasteiger partial charge on any atom is -0.485 e. The summed E-state index contributed by atoms with van der Waals surface area (Å²) < 4.78 is 63.0. The SMILES string of the molecule is Cc1[c]c(OCc2c(-c3ccc(Cl)cc3)nsc2C(F)(F)F)c(F)cc1. The first kappa shape index (κ1) is 18.7. The Bertz CT molecular complexity index is 922. The van der Waals surface area contributed by atoms with Crippen molar-refractivity contribution in [3.63, 3.8) is 0 Å². The molecule has 8 heteroatoms. The largest absolute Gasteiger partial charge is 0.485 e. The summed E-state index contributed by atoms with van der Waals surface area (Å²) in [4.78, 5) is -0.879. The summed E-state index contributed by atoms with van der Waals surface area (Å²) in [5, 5.41) is 0.453. The Morgan fingerprint density at radius 2 is 1.85 bits per heavy atom. The molecule has 0 aliphatic rings. The predicted octanol–water partition coefficient (Wildman–Crippen LogP) is 6.31. The average Bonchev–Trinajstić information content (AvgIpc) is 3.00. The zero-order valence-corrected chi connectivity index (χ0v) is 14.9. The van der Waals surface area contributed by atoms with Crippen LogP contribution in [0.1, 0.15) is 16.0 Å². The fraction of sp³-hybridized carbons (Fsp3) is 0.167. The fourth-order valence-corrected chi connectivity index (χ4v) is 3.20. The summed E-state index contributed by atoms with van der Waals surface area (Å²) in [5.74, 6) is -0.924. The monoisotopic (exact) mass is 400 g/mol. The quantitative estimate of drug-likeness (QED) is 0.479. The second-order valence-electron chi connectivity index (χ2n) is 5.45. The van der Waals surface area contributed by atoms with Crippen LogP contribution in [-0.2, 0) is 12.8 Å². The van der Waals surface area contributed by atoms with Crippen LogP contribution in [0.4, 0.5) is 17.6 Å². The van der Waals surface area contributed by atoms with E-state index in [1.54, 1.807) is 31.2 Å². The lowest BCUT2D eigenvalue weighted by molar-refractivity contribution is -0.135. The van der Waals surface area contributed by atoms with Crippen LogP contribution < -0.4 is 4.74 Å². The van der Waals surface area contributed by atoms with Crippen molar-refractivity contribution in [1.29, 1.82) is 0 Å². The highest BCUT2D eigenvalue weighted by atomic mass is 35.5. The molecule has 1 heterocycles. The standard InChI is InChI=1S/C18H11ClF4NOS/c1-10-2-7-14(20)15(8-10)25-9-13-16(11-3-5-12(19)6-4-11)24-26-17(13)18(21,22)23/h2-7H,9H2,1H3. The van der Waals surface area contributed by atoms with Gasteiger partial charge < -0.3 is 4.74 Å². The molecule has 2 nitrogen and oxygen atoms in total. The van der Waals surface area contributed by atoms with Gasteiger partial charge >= 0.3 is 6.18 Å². The summed E-state index contributed by atoms with van der Waals surface area (Å²) in [7, 11) is 0. The topological polar surface area (TPSA) is 22.1 Å². The predicted molar refractivity (Wildman–Crippen MR) is 91.9 cm³/mol. The number of halogens is 5. The van der Waals surface area contributed by atoms with Crippen molar-refractivity contribution in [3.8, 4) is 17.0 Å². The zero-order valence-electron chi connectivity index (χ0n) is 13.3. The number of aromatic nitrogens is 1. The van der Waals surface area contributed by atoms with Gasteiger partial charge in [0.25, 0.3) is 0 Å². The third kappa shape index (κ3) is 3.99. The maximum atomic E-state index is 13.8. The van der Waals surface area contributed by atoms with Crippen molar-refractivity contribution in [2.45, 2.75) is 19.7 Å². The molecule has 0 amide bonds. The molecule has 1 radical (unpaired) electrons. The van der Waals surface area contributed by atoms with Gasteiger partial charge in [0, 0.05) is 22.2 Å². The first-order chi connectivity index (χ1) is 12.3. The minimum atomic E-state index is -4.59. The molecule has 135 valence electrons. The lowest BCUT2D eigenvalue weighted by Gasteiger charge is -2.11. The highest BCUT2D eigenvalue weighted by Crippen LogP contribution is 2.40. The second-order valence-corrected chi connectivity index (χ2v) is 6.66. The number of nitrogens with zero attached hydrogens (tertiary/aromatic N) is 1. The van der Waals surface area contributed by atoms with Crippen molar-refractivity contribution in [1.82, 2.24) is 4.37 Å². The van der Waals surface area contributed by atoms with Crippen LogP contribution in [0, 0.1) is 18.8 Å². The Morgan fingerprint density at radius 3 is 2.50 bits per heavy atom. The van der Waals surface area contributed by atoms with Crippen LogP contribution in [0.2, 0.25) is 5.02 Å². The van der Waals surface area contributed by atoms with Crippen LogP contribution in [0.25, 0.3) is 11.3 Å². The van der Waals surface area contributed by atoms with Gasteiger partial charge in [-0.3, -0.25) is 0 Å². The summed E-state index contributed by atoms with van der Waals surface area (Å²) >= 11 is 6.15. The molecule has 0 saturated carbocycles. The number of alkyl halides is 3. The Balaban J connectivity index is 1.99. The Hall–Kier alpha value is -2.12. The molecule has 0 fully saturated rings. The summed E-state index contributed by atoms with van der Waals surface area (Å²) in [6.45, 7) is 1.19. The van der Waals surface area contributed by atoms with Gasteiger partial charge in [-0.05, 0) is 42.2 Å². The van der Waals surface area contributed by atoms with E-state index in [1.807, 2.05) is 0 Å². The van der Waals surface area contributed by atoms with E-state index in [0.29, 0.717) is 27.7 Å². The highest BCUT2D eigenvalue weighted by molar-refractivity contribution is 7.06. The van der Waals surface area contributed by atoms with Gasteiger partial charge in [-0.25, -0.2) is 4.39 Å². The van der Waals surface area contributed by atoms with E-state index >= 15 is 0 Å².